The lowest BCUT2D eigenvalue weighted by Gasteiger charge is -2.13. The van der Waals surface area contributed by atoms with Crippen molar-refractivity contribution in [2.24, 2.45) is 0 Å². The Morgan fingerprint density at radius 1 is 1.50 bits per heavy atom. The van der Waals surface area contributed by atoms with Gasteiger partial charge in [-0.15, -0.1) is 0 Å². The van der Waals surface area contributed by atoms with E-state index in [9.17, 15) is 13.8 Å². The highest BCUT2D eigenvalue weighted by atomic mass is 31.2. The van der Waals surface area contributed by atoms with Crippen LogP contribution in [0.15, 0.2) is 0 Å². The minimum atomic E-state index is -5.11. The number of phosphoric acid groups is 1. The minimum Gasteiger partial charge on any atom is -0.479 e. The fraction of sp³-hybridized carbons (Fsp3) is 0.667. The van der Waals surface area contributed by atoms with Crippen LogP contribution in [0.2, 0.25) is 0 Å². The number of alkyl halides is 1. The molecular weight excluding hydrogens is 198 g/mol. The second-order valence-electron chi connectivity index (χ2n) is 1.73. The fourth-order valence-electron chi connectivity index (χ4n) is 0.361. The van der Waals surface area contributed by atoms with Gasteiger partial charge in [0.15, 0.2) is 0 Å². The average molecular weight is 204 g/mol. The van der Waals surface area contributed by atoms with Gasteiger partial charge in [-0.1, -0.05) is 0 Å². The molecule has 0 aliphatic heterocycles. The van der Waals surface area contributed by atoms with Gasteiger partial charge in [-0.25, -0.2) is 13.8 Å². The van der Waals surface area contributed by atoms with Crippen LogP contribution in [0.25, 0.3) is 0 Å². The van der Waals surface area contributed by atoms with Gasteiger partial charge in [-0.05, 0) is 0 Å². The molecule has 0 aliphatic carbocycles. The van der Waals surface area contributed by atoms with Crippen LogP contribution in [0.5, 0.6) is 0 Å². The number of halogens is 1. The van der Waals surface area contributed by atoms with Crippen molar-refractivity contribution in [1.29, 1.82) is 0 Å². The average Bonchev–Trinajstić information content (AvgIpc) is 1.79. The standard InChI is InChI=1S/C3H6FO7P/c4-2(5)1(3(6)7)11-12(8,9)10/h1-2,5H,(H,6,7)(H2,8,9,10). The zero-order valence-electron chi connectivity index (χ0n) is 5.49. The first kappa shape index (κ1) is 11.5. The maximum Gasteiger partial charge on any atom is 0.470 e. The summed E-state index contributed by atoms with van der Waals surface area (Å²) in [6.07, 6.45) is -5.57. The van der Waals surface area contributed by atoms with E-state index in [1.54, 1.807) is 0 Å². The van der Waals surface area contributed by atoms with Crippen LogP contribution in [0, 0.1) is 0 Å². The minimum absolute atomic E-state index is 2.01. The number of aliphatic carboxylic acids is 1. The van der Waals surface area contributed by atoms with Crippen molar-refractivity contribution in [2.75, 3.05) is 0 Å². The summed E-state index contributed by atoms with van der Waals surface area (Å²) in [5, 5.41) is 16.1. The molecular formula is C3H6FO7P. The molecule has 0 bridgehead atoms. The van der Waals surface area contributed by atoms with Gasteiger partial charge in [-0.2, -0.15) is 0 Å². The van der Waals surface area contributed by atoms with E-state index in [-0.39, 0.29) is 0 Å². The van der Waals surface area contributed by atoms with E-state index in [1.807, 2.05) is 0 Å². The van der Waals surface area contributed by atoms with Crippen LogP contribution in [-0.4, -0.2) is 38.4 Å². The van der Waals surface area contributed by atoms with E-state index in [0.717, 1.165) is 0 Å². The lowest BCUT2D eigenvalue weighted by atomic mass is 10.4. The molecule has 2 unspecified atom stereocenters. The molecule has 0 spiro atoms. The molecule has 0 fully saturated rings. The summed E-state index contributed by atoms with van der Waals surface area (Å²) < 4.78 is 25.2. The molecule has 0 aromatic heterocycles. The Kier molecular flexibility index (Phi) is 3.75. The van der Waals surface area contributed by atoms with Crippen LogP contribution < -0.4 is 0 Å². The highest BCUT2D eigenvalue weighted by molar-refractivity contribution is 7.46. The van der Waals surface area contributed by atoms with Crippen LogP contribution in [0.3, 0.4) is 0 Å². The van der Waals surface area contributed by atoms with Crippen molar-refractivity contribution in [2.45, 2.75) is 12.5 Å². The van der Waals surface area contributed by atoms with Crippen molar-refractivity contribution in [3.8, 4) is 0 Å². The maximum absolute atomic E-state index is 11.9. The first-order valence-corrected chi connectivity index (χ1v) is 4.06. The molecule has 0 aromatic carbocycles. The number of hydrogen-bond acceptors (Lipinski definition) is 4. The molecule has 2 atom stereocenters. The van der Waals surface area contributed by atoms with E-state index in [2.05, 4.69) is 4.52 Å². The molecule has 7 nitrogen and oxygen atoms in total. The van der Waals surface area contributed by atoms with Gasteiger partial charge in [0.05, 0.1) is 0 Å². The number of aliphatic hydroxyl groups excluding tert-OH is 1. The molecule has 0 amide bonds. The Bertz CT molecular complexity index is 209. The SMILES string of the molecule is O=C(O)C(OP(=O)(O)O)C(O)F. The van der Waals surface area contributed by atoms with Crippen molar-refractivity contribution >= 4 is 13.8 Å². The smallest absolute Gasteiger partial charge is 0.470 e. The zero-order chi connectivity index (χ0) is 9.94. The molecule has 0 aromatic rings. The lowest BCUT2D eigenvalue weighted by Crippen LogP contribution is -2.32. The predicted octanol–water partition coefficient (Wildman–Crippen LogP) is -1.16. The summed E-state index contributed by atoms with van der Waals surface area (Å²) in [6.45, 7) is 0. The third-order valence-electron chi connectivity index (χ3n) is 0.744. The van der Waals surface area contributed by atoms with Crippen LogP contribution >= 0.6 is 7.82 Å². The van der Waals surface area contributed by atoms with Gasteiger partial charge in [0, 0.05) is 0 Å². The fourth-order valence-corrected chi connectivity index (χ4v) is 0.847. The predicted molar refractivity (Wildman–Crippen MR) is 31.7 cm³/mol. The quantitative estimate of drug-likeness (QED) is 0.425. The third-order valence-corrected chi connectivity index (χ3v) is 1.25. The number of carboxylic acids is 1. The molecule has 9 heteroatoms. The Hall–Kier alpha value is -0.530. The molecule has 0 radical (unpaired) electrons. The largest absolute Gasteiger partial charge is 0.479 e. The Balaban J connectivity index is 4.35. The van der Waals surface area contributed by atoms with Crippen molar-refractivity contribution < 1.29 is 38.3 Å². The Morgan fingerprint density at radius 3 is 2.00 bits per heavy atom. The van der Waals surface area contributed by atoms with E-state index in [1.165, 1.54) is 0 Å². The molecule has 0 saturated carbocycles. The zero-order valence-corrected chi connectivity index (χ0v) is 6.39. The molecule has 12 heavy (non-hydrogen) atoms. The van der Waals surface area contributed by atoms with Gasteiger partial charge >= 0.3 is 13.8 Å². The number of phosphoric ester groups is 1. The molecule has 4 N–H and O–H groups in total. The van der Waals surface area contributed by atoms with Crippen molar-refractivity contribution in [1.82, 2.24) is 0 Å². The van der Waals surface area contributed by atoms with Gasteiger partial charge in [-0.3, -0.25) is 4.52 Å². The highest BCUT2D eigenvalue weighted by Gasteiger charge is 2.34. The van der Waals surface area contributed by atoms with E-state index < -0.39 is 26.3 Å². The summed E-state index contributed by atoms with van der Waals surface area (Å²) in [5.74, 6) is -2.01. The van der Waals surface area contributed by atoms with Gasteiger partial charge in [0.25, 0.3) is 0 Å². The molecule has 0 saturated heterocycles. The number of aliphatic hydroxyl groups is 1. The monoisotopic (exact) mass is 204 g/mol. The van der Waals surface area contributed by atoms with E-state index >= 15 is 0 Å². The lowest BCUT2D eigenvalue weighted by molar-refractivity contribution is -0.159. The van der Waals surface area contributed by atoms with Gasteiger partial charge in [0.2, 0.25) is 12.5 Å². The highest BCUT2D eigenvalue weighted by Crippen LogP contribution is 2.38. The topological polar surface area (TPSA) is 124 Å². The number of rotatable bonds is 4. The van der Waals surface area contributed by atoms with Crippen LogP contribution in [0.4, 0.5) is 4.39 Å². The summed E-state index contributed by atoms with van der Waals surface area (Å²) >= 11 is 0. The first-order valence-electron chi connectivity index (χ1n) is 2.53. The van der Waals surface area contributed by atoms with Crippen LogP contribution in [-0.2, 0) is 13.9 Å². The summed E-state index contributed by atoms with van der Waals surface area (Å²) in [4.78, 5) is 26.0. The normalized spacial score (nSPS) is 17.0. The molecule has 0 rings (SSSR count). The number of hydrogen-bond donors (Lipinski definition) is 4. The second kappa shape index (κ2) is 3.92. The van der Waals surface area contributed by atoms with Crippen molar-refractivity contribution in [3.05, 3.63) is 0 Å². The maximum atomic E-state index is 11.9. The number of carbonyl (C=O) groups is 1. The first-order chi connectivity index (χ1) is 5.24. The third kappa shape index (κ3) is 4.37. The van der Waals surface area contributed by atoms with Crippen molar-refractivity contribution in [3.63, 3.8) is 0 Å². The van der Waals surface area contributed by atoms with E-state index in [0.29, 0.717) is 0 Å². The summed E-state index contributed by atoms with van der Waals surface area (Å²) in [5.41, 5.74) is 0. The molecule has 0 heterocycles. The Labute approximate surface area is 65.6 Å². The van der Waals surface area contributed by atoms with E-state index in [4.69, 9.17) is 20.0 Å². The Morgan fingerprint density at radius 2 is 1.92 bits per heavy atom. The number of carboxylic acid groups (broad SMARTS) is 1. The van der Waals surface area contributed by atoms with Gasteiger partial charge < -0.3 is 20.0 Å². The summed E-state index contributed by atoms with van der Waals surface area (Å²) in [7, 11) is -5.11. The second-order valence-corrected chi connectivity index (χ2v) is 2.92. The summed E-state index contributed by atoms with van der Waals surface area (Å²) in [6, 6.07) is 0. The van der Waals surface area contributed by atoms with Gasteiger partial charge in [0.1, 0.15) is 0 Å². The molecule has 72 valence electrons. The molecule has 0 aliphatic rings. The van der Waals surface area contributed by atoms with Crippen LogP contribution in [0.1, 0.15) is 0 Å².